The fourth-order valence-corrected chi connectivity index (χ4v) is 3.34. The van der Waals surface area contributed by atoms with Crippen molar-refractivity contribution in [2.75, 3.05) is 6.54 Å². The van der Waals surface area contributed by atoms with Crippen LogP contribution < -0.4 is 5.32 Å². The minimum absolute atomic E-state index is 0.101. The summed E-state index contributed by atoms with van der Waals surface area (Å²) in [5.41, 5.74) is 4.27. The average Bonchev–Trinajstić information content (AvgIpc) is 3.35. The molecule has 0 radical (unpaired) electrons. The van der Waals surface area contributed by atoms with Crippen LogP contribution in [0.5, 0.6) is 0 Å². The molecule has 1 heterocycles. The first kappa shape index (κ1) is 23.7. The predicted octanol–water partition coefficient (Wildman–Crippen LogP) is 5.33. The molecule has 0 aliphatic rings. The van der Waals surface area contributed by atoms with Gasteiger partial charge in [-0.25, -0.2) is 4.68 Å². The molecule has 0 aliphatic carbocycles. The first-order valence-corrected chi connectivity index (χ1v) is 11.2. The molecule has 1 amide bonds. The van der Waals surface area contributed by atoms with Crippen LogP contribution in [-0.2, 0) is 0 Å². The molecular formula is C28H30N4O. The number of aliphatic imine (C=N–C) groups is 1. The summed E-state index contributed by atoms with van der Waals surface area (Å²) in [4.78, 5) is 17.0. The maximum atomic E-state index is 12.8. The largest absolute Gasteiger partial charge is 0.352 e. The van der Waals surface area contributed by atoms with Gasteiger partial charge in [-0.3, -0.25) is 9.79 Å². The zero-order valence-corrected chi connectivity index (χ0v) is 19.5. The molecule has 5 nitrogen and oxygen atoms in total. The van der Waals surface area contributed by atoms with Crippen molar-refractivity contribution in [1.29, 1.82) is 0 Å². The summed E-state index contributed by atoms with van der Waals surface area (Å²) in [7, 11) is 0. The summed E-state index contributed by atoms with van der Waals surface area (Å²) in [6.07, 6.45) is 11.1. The lowest BCUT2D eigenvalue weighted by molar-refractivity contribution is 0.0952. The van der Waals surface area contributed by atoms with Gasteiger partial charge < -0.3 is 5.32 Å². The smallest absolute Gasteiger partial charge is 0.251 e. The number of benzene rings is 2. The van der Waals surface area contributed by atoms with Gasteiger partial charge in [-0.2, -0.15) is 5.10 Å². The van der Waals surface area contributed by atoms with E-state index in [2.05, 4.69) is 34.2 Å². The number of rotatable bonds is 8. The Morgan fingerprint density at radius 3 is 2.85 bits per heavy atom. The number of nitrogens with one attached hydrogen (secondary N) is 1. The summed E-state index contributed by atoms with van der Waals surface area (Å²) >= 11 is 0. The second kappa shape index (κ2) is 12.2. The van der Waals surface area contributed by atoms with E-state index in [1.807, 2.05) is 80.9 Å². The normalized spacial score (nSPS) is 12.0. The van der Waals surface area contributed by atoms with Gasteiger partial charge in [-0.05, 0) is 74.6 Å². The van der Waals surface area contributed by atoms with Crippen molar-refractivity contribution in [3.63, 3.8) is 0 Å². The quantitative estimate of drug-likeness (QED) is 0.294. The van der Waals surface area contributed by atoms with E-state index < -0.39 is 0 Å². The van der Waals surface area contributed by atoms with E-state index in [0.29, 0.717) is 18.0 Å². The molecule has 0 saturated carbocycles. The molecule has 33 heavy (non-hydrogen) atoms. The standard InChI is InChI=1S/C28H30N4O/c1-4-15-29-21-23(3)9-6-16-30-28(33)26-13-14-27(32-18-7-17-31-32)25(20-26)12-11-24-10-5-8-22(2)19-24/h4-5,7-8,10,13-15,17-21,23H,6,9,16H2,1-3H3,(H,30,33)/b15-4-,29-21-. The van der Waals surface area contributed by atoms with Crippen molar-refractivity contribution in [2.24, 2.45) is 10.9 Å². The van der Waals surface area contributed by atoms with Crippen molar-refractivity contribution in [1.82, 2.24) is 15.1 Å². The van der Waals surface area contributed by atoms with E-state index >= 15 is 0 Å². The second-order valence-electron chi connectivity index (χ2n) is 7.96. The minimum Gasteiger partial charge on any atom is -0.352 e. The van der Waals surface area contributed by atoms with E-state index in [9.17, 15) is 4.79 Å². The Balaban J connectivity index is 1.71. The van der Waals surface area contributed by atoms with Crippen LogP contribution in [0.25, 0.3) is 5.69 Å². The summed E-state index contributed by atoms with van der Waals surface area (Å²) in [5, 5.41) is 7.34. The third kappa shape index (κ3) is 7.33. The topological polar surface area (TPSA) is 59.3 Å². The highest BCUT2D eigenvalue weighted by molar-refractivity contribution is 5.95. The number of allylic oxidation sites excluding steroid dienone is 1. The zero-order valence-electron chi connectivity index (χ0n) is 19.5. The van der Waals surface area contributed by atoms with Gasteiger partial charge in [0.15, 0.2) is 0 Å². The SMILES string of the molecule is C/C=C\N=C/C(C)CCCNC(=O)c1ccc(-n2cccn2)c(C#Cc2cccc(C)c2)c1. The zero-order chi connectivity index (χ0) is 23.5. The van der Waals surface area contributed by atoms with Crippen LogP contribution in [0.1, 0.15) is 53.7 Å². The van der Waals surface area contributed by atoms with Crippen molar-refractivity contribution in [3.05, 3.63) is 95.5 Å². The summed E-state index contributed by atoms with van der Waals surface area (Å²) in [6, 6.07) is 15.5. The number of hydrogen-bond acceptors (Lipinski definition) is 3. The molecule has 3 rings (SSSR count). The lowest BCUT2D eigenvalue weighted by Crippen LogP contribution is -2.25. The maximum Gasteiger partial charge on any atom is 0.251 e. The molecule has 3 aromatic rings. The van der Waals surface area contributed by atoms with Crippen molar-refractivity contribution in [3.8, 4) is 17.5 Å². The highest BCUT2D eigenvalue weighted by Crippen LogP contribution is 2.16. The number of carbonyl (C=O) groups excluding carboxylic acids is 1. The van der Waals surface area contributed by atoms with Gasteiger partial charge in [-0.1, -0.05) is 37.0 Å². The van der Waals surface area contributed by atoms with Crippen LogP contribution in [0.15, 0.2) is 78.2 Å². The molecule has 1 atom stereocenters. The molecule has 0 bridgehead atoms. The first-order valence-electron chi connectivity index (χ1n) is 11.2. The number of nitrogens with zero attached hydrogens (tertiary/aromatic N) is 3. The molecule has 1 N–H and O–H groups in total. The Kier molecular flexibility index (Phi) is 8.79. The van der Waals surface area contributed by atoms with E-state index in [-0.39, 0.29) is 5.91 Å². The van der Waals surface area contributed by atoms with Crippen LogP contribution in [-0.4, -0.2) is 28.4 Å². The van der Waals surface area contributed by atoms with E-state index in [1.165, 1.54) is 0 Å². The van der Waals surface area contributed by atoms with E-state index in [0.717, 1.165) is 35.2 Å². The second-order valence-corrected chi connectivity index (χ2v) is 7.96. The van der Waals surface area contributed by atoms with Crippen LogP contribution in [0.2, 0.25) is 0 Å². The molecule has 5 heteroatoms. The maximum absolute atomic E-state index is 12.8. The van der Waals surface area contributed by atoms with Gasteiger partial charge >= 0.3 is 0 Å². The molecule has 2 aromatic carbocycles. The summed E-state index contributed by atoms with van der Waals surface area (Å²) < 4.78 is 1.76. The lowest BCUT2D eigenvalue weighted by atomic mass is 10.1. The Hall–Kier alpha value is -3.91. The lowest BCUT2D eigenvalue weighted by Gasteiger charge is -2.10. The van der Waals surface area contributed by atoms with Gasteiger partial charge in [0.05, 0.1) is 11.3 Å². The Morgan fingerprint density at radius 1 is 1.21 bits per heavy atom. The molecule has 0 aliphatic heterocycles. The monoisotopic (exact) mass is 438 g/mol. The summed E-state index contributed by atoms with van der Waals surface area (Å²) in [6.45, 7) is 6.73. The predicted molar refractivity (Wildman–Crippen MR) is 135 cm³/mol. The third-order valence-corrected chi connectivity index (χ3v) is 5.07. The van der Waals surface area contributed by atoms with Crippen LogP contribution >= 0.6 is 0 Å². The van der Waals surface area contributed by atoms with Gasteiger partial charge in [0.2, 0.25) is 0 Å². The first-order chi connectivity index (χ1) is 16.1. The summed E-state index contributed by atoms with van der Waals surface area (Å²) in [5.74, 6) is 6.72. The Morgan fingerprint density at radius 2 is 2.09 bits per heavy atom. The fourth-order valence-electron chi connectivity index (χ4n) is 3.34. The number of amides is 1. The molecule has 0 fully saturated rings. The number of carbonyl (C=O) groups is 1. The van der Waals surface area contributed by atoms with E-state index in [4.69, 9.17) is 0 Å². The van der Waals surface area contributed by atoms with Gasteiger partial charge in [0.25, 0.3) is 5.91 Å². The minimum atomic E-state index is -0.101. The van der Waals surface area contributed by atoms with Crippen LogP contribution in [0.4, 0.5) is 0 Å². The molecule has 0 saturated heterocycles. The van der Waals surface area contributed by atoms with Crippen LogP contribution in [0, 0.1) is 24.7 Å². The molecule has 1 aromatic heterocycles. The molecule has 1 unspecified atom stereocenters. The van der Waals surface area contributed by atoms with Crippen molar-refractivity contribution < 1.29 is 4.79 Å². The Bertz CT molecular complexity index is 1180. The third-order valence-electron chi connectivity index (χ3n) is 5.07. The number of aryl methyl sites for hydroxylation is 1. The van der Waals surface area contributed by atoms with E-state index in [1.54, 1.807) is 17.1 Å². The molecule has 0 spiro atoms. The average molecular weight is 439 g/mol. The van der Waals surface area contributed by atoms with Gasteiger partial charge in [0.1, 0.15) is 0 Å². The molecular weight excluding hydrogens is 408 g/mol. The van der Waals surface area contributed by atoms with Crippen LogP contribution in [0.3, 0.4) is 0 Å². The Labute approximate surface area is 196 Å². The van der Waals surface area contributed by atoms with Gasteiger partial charge in [0, 0.05) is 42.5 Å². The van der Waals surface area contributed by atoms with Crippen molar-refractivity contribution in [2.45, 2.75) is 33.6 Å². The van der Waals surface area contributed by atoms with Gasteiger partial charge in [-0.15, -0.1) is 0 Å². The fraction of sp³-hybridized carbons (Fsp3) is 0.250. The highest BCUT2D eigenvalue weighted by Gasteiger charge is 2.10. The highest BCUT2D eigenvalue weighted by atomic mass is 16.1. The number of aromatic nitrogens is 2. The number of hydrogen-bond donors (Lipinski definition) is 1. The molecule has 168 valence electrons. The van der Waals surface area contributed by atoms with Crippen molar-refractivity contribution >= 4 is 12.1 Å².